The van der Waals surface area contributed by atoms with E-state index in [1.165, 1.54) is 63.8 Å². The van der Waals surface area contributed by atoms with Crippen LogP contribution in [0.3, 0.4) is 0 Å². The summed E-state index contributed by atoms with van der Waals surface area (Å²) in [5, 5.41) is 2.73. The summed E-state index contributed by atoms with van der Waals surface area (Å²) in [6, 6.07) is 16.9. The molecule has 0 spiro atoms. The van der Waals surface area contributed by atoms with Crippen molar-refractivity contribution >= 4 is 21.7 Å². The Balaban J connectivity index is 1.73. The quantitative estimate of drug-likeness (QED) is 0.530. The van der Waals surface area contributed by atoms with Crippen molar-refractivity contribution in [3.05, 3.63) is 72.3 Å². The fourth-order valence-corrected chi connectivity index (χ4v) is 3.72. The zero-order valence-electron chi connectivity index (χ0n) is 17.1. The Hall–Kier alpha value is -3.72. The highest BCUT2D eigenvalue weighted by molar-refractivity contribution is 7.87. The number of carbonyl (C=O) groups is 1. The fraction of sp³-hybridized carbons (Fsp3) is 0.136. The van der Waals surface area contributed by atoms with E-state index in [-0.39, 0.29) is 22.3 Å². The zero-order valence-corrected chi connectivity index (χ0v) is 17.9. The number of nitrogens with one attached hydrogen (secondary N) is 1. The van der Waals surface area contributed by atoms with Crippen molar-refractivity contribution in [2.45, 2.75) is 4.90 Å². The Kier molecular flexibility index (Phi) is 6.66. The van der Waals surface area contributed by atoms with E-state index in [0.717, 1.165) is 0 Å². The zero-order chi connectivity index (χ0) is 22.4. The smallest absolute Gasteiger partial charge is 0.339 e. The summed E-state index contributed by atoms with van der Waals surface area (Å²) in [4.78, 5) is 12.4. The molecule has 0 atom stereocenters. The van der Waals surface area contributed by atoms with E-state index in [0.29, 0.717) is 22.7 Å². The summed E-state index contributed by atoms with van der Waals surface area (Å²) in [7, 11) is 0.250. The number of hydrogen-bond acceptors (Lipinski definition) is 7. The lowest BCUT2D eigenvalue weighted by atomic mass is 10.2. The van der Waals surface area contributed by atoms with E-state index >= 15 is 0 Å². The Morgan fingerprint density at radius 2 is 1.42 bits per heavy atom. The van der Waals surface area contributed by atoms with Crippen LogP contribution in [0.1, 0.15) is 10.4 Å². The van der Waals surface area contributed by atoms with Crippen molar-refractivity contribution < 1.29 is 31.6 Å². The number of rotatable bonds is 8. The molecule has 0 unspecified atom stereocenters. The topological polar surface area (TPSA) is 100 Å². The van der Waals surface area contributed by atoms with Gasteiger partial charge in [-0.25, -0.2) is 0 Å². The molecule has 0 bridgehead atoms. The van der Waals surface area contributed by atoms with Gasteiger partial charge < -0.3 is 23.7 Å². The maximum Gasteiger partial charge on any atom is 0.339 e. The first kappa shape index (κ1) is 22.0. The van der Waals surface area contributed by atoms with E-state index in [1.807, 2.05) is 0 Å². The van der Waals surface area contributed by atoms with Gasteiger partial charge >= 0.3 is 10.1 Å². The molecule has 31 heavy (non-hydrogen) atoms. The van der Waals surface area contributed by atoms with Crippen LogP contribution in [0, 0.1) is 0 Å². The summed E-state index contributed by atoms with van der Waals surface area (Å²) in [5.41, 5.74) is 0.841. The van der Waals surface area contributed by atoms with Crippen LogP contribution in [0.2, 0.25) is 0 Å². The molecular formula is C22H21NO7S. The lowest BCUT2D eigenvalue weighted by Gasteiger charge is -2.12. The van der Waals surface area contributed by atoms with Gasteiger partial charge in [0.2, 0.25) is 0 Å². The second-order valence-electron chi connectivity index (χ2n) is 6.23. The van der Waals surface area contributed by atoms with E-state index in [2.05, 4.69) is 5.32 Å². The summed E-state index contributed by atoms with van der Waals surface area (Å²) in [6.07, 6.45) is 0. The Morgan fingerprint density at radius 3 is 2.06 bits per heavy atom. The Bertz CT molecular complexity index is 1170. The maximum absolute atomic E-state index is 12.6. The van der Waals surface area contributed by atoms with Gasteiger partial charge in [-0.1, -0.05) is 12.1 Å². The van der Waals surface area contributed by atoms with Crippen molar-refractivity contribution in [2.24, 2.45) is 0 Å². The van der Waals surface area contributed by atoms with E-state index in [9.17, 15) is 13.2 Å². The first-order valence-electron chi connectivity index (χ1n) is 9.09. The van der Waals surface area contributed by atoms with Crippen molar-refractivity contribution in [2.75, 3.05) is 26.6 Å². The maximum atomic E-state index is 12.6. The lowest BCUT2D eigenvalue weighted by molar-refractivity contribution is 0.102. The predicted molar refractivity (Wildman–Crippen MR) is 115 cm³/mol. The summed E-state index contributed by atoms with van der Waals surface area (Å²) in [6.45, 7) is 0. The van der Waals surface area contributed by atoms with Gasteiger partial charge in [0.25, 0.3) is 5.91 Å². The Labute approximate surface area is 180 Å². The molecule has 0 saturated carbocycles. The normalized spacial score (nSPS) is 10.8. The predicted octanol–water partition coefficient (Wildman–Crippen LogP) is 3.73. The molecule has 1 amide bonds. The third kappa shape index (κ3) is 5.07. The van der Waals surface area contributed by atoms with E-state index in [4.69, 9.17) is 18.4 Å². The highest BCUT2D eigenvalue weighted by atomic mass is 32.2. The van der Waals surface area contributed by atoms with Crippen LogP contribution in [0.25, 0.3) is 0 Å². The van der Waals surface area contributed by atoms with Crippen LogP contribution in [0.5, 0.6) is 23.0 Å². The van der Waals surface area contributed by atoms with Gasteiger partial charge in [-0.3, -0.25) is 4.79 Å². The molecule has 0 aliphatic rings. The third-order valence-corrected chi connectivity index (χ3v) is 5.56. The molecule has 0 aliphatic carbocycles. The molecule has 3 aromatic carbocycles. The SMILES string of the molecule is COc1ccc(S(=O)(=O)Oc2ccc(NC(=O)c3ccccc3OC)cc2)cc1OC. The highest BCUT2D eigenvalue weighted by Gasteiger charge is 2.19. The number of methoxy groups -OCH3 is 3. The average molecular weight is 443 g/mol. The number of carbonyl (C=O) groups excluding carboxylic acids is 1. The van der Waals surface area contributed by atoms with Crippen molar-refractivity contribution in [3.8, 4) is 23.0 Å². The molecular weight excluding hydrogens is 422 g/mol. The van der Waals surface area contributed by atoms with Gasteiger partial charge in [-0.2, -0.15) is 8.42 Å². The number of amides is 1. The number of anilines is 1. The van der Waals surface area contributed by atoms with Gasteiger partial charge in [0.1, 0.15) is 16.4 Å². The highest BCUT2D eigenvalue weighted by Crippen LogP contribution is 2.31. The molecule has 0 aliphatic heterocycles. The molecule has 0 radical (unpaired) electrons. The van der Waals surface area contributed by atoms with Gasteiger partial charge in [-0.15, -0.1) is 0 Å². The molecule has 9 heteroatoms. The molecule has 3 aromatic rings. The van der Waals surface area contributed by atoms with Crippen molar-refractivity contribution in [1.82, 2.24) is 0 Å². The average Bonchev–Trinajstić information content (AvgIpc) is 2.79. The standard InChI is InChI=1S/C22H21NO7S/c1-27-19-7-5-4-6-18(19)22(24)23-15-8-10-16(11-9-15)30-31(25,26)17-12-13-20(28-2)21(14-17)29-3/h4-14H,1-3H3,(H,23,24). The van der Waals surface area contributed by atoms with Gasteiger partial charge in [0, 0.05) is 11.8 Å². The molecule has 8 nitrogen and oxygen atoms in total. The molecule has 0 aromatic heterocycles. The summed E-state index contributed by atoms with van der Waals surface area (Å²) >= 11 is 0. The molecule has 0 saturated heterocycles. The first-order chi connectivity index (χ1) is 14.9. The molecule has 1 N–H and O–H groups in total. The van der Waals surface area contributed by atoms with Crippen LogP contribution in [0.4, 0.5) is 5.69 Å². The van der Waals surface area contributed by atoms with Crippen LogP contribution in [-0.4, -0.2) is 35.7 Å². The number of benzene rings is 3. The molecule has 0 heterocycles. The Morgan fingerprint density at radius 1 is 0.774 bits per heavy atom. The minimum absolute atomic E-state index is 0.0845. The van der Waals surface area contributed by atoms with Gasteiger partial charge in [0.15, 0.2) is 11.5 Å². The van der Waals surface area contributed by atoms with Crippen molar-refractivity contribution in [3.63, 3.8) is 0 Å². The summed E-state index contributed by atoms with van der Waals surface area (Å²) < 4.78 is 45.8. The van der Waals surface area contributed by atoms with Crippen LogP contribution < -0.4 is 23.7 Å². The summed E-state index contributed by atoms with van der Waals surface area (Å²) in [5.74, 6) is 0.841. The van der Waals surface area contributed by atoms with Crippen molar-refractivity contribution in [1.29, 1.82) is 0 Å². The van der Waals surface area contributed by atoms with Gasteiger partial charge in [0.05, 0.1) is 26.9 Å². The number of ether oxygens (including phenoxy) is 3. The second-order valence-corrected chi connectivity index (χ2v) is 7.78. The largest absolute Gasteiger partial charge is 0.496 e. The van der Waals surface area contributed by atoms with Crippen LogP contribution in [-0.2, 0) is 10.1 Å². The molecule has 3 rings (SSSR count). The first-order valence-corrected chi connectivity index (χ1v) is 10.5. The lowest BCUT2D eigenvalue weighted by Crippen LogP contribution is -2.13. The second kappa shape index (κ2) is 9.40. The fourth-order valence-electron chi connectivity index (χ4n) is 2.77. The van der Waals surface area contributed by atoms with E-state index in [1.54, 1.807) is 24.3 Å². The molecule has 0 fully saturated rings. The third-order valence-electron chi connectivity index (χ3n) is 4.31. The minimum Gasteiger partial charge on any atom is -0.496 e. The number of para-hydroxylation sites is 1. The van der Waals surface area contributed by atoms with Crippen LogP contribution in [0.15, 0.2) is 71.6 Å². The minimum atomic E-state index is -4.10. The number of hydrogen-bond donors (Lipinski definition) is 1. The van der Waals surface area contributed by atoms with Crippen LogP contribution >= 0.6 is 0 Å². The van der Waals surface area contributed by atoms with Gasteiger partial charge in [-0.05, 0) is 48.5 Å². The molecule has 162 valence electrons. The monoisotopic (exact) mass is 443 g/mol. The van der Waals surface area contributed by atoms with E-state index < -0.39 is 10.1 Å².